The van der Waals surface area contributed by atoms with E-state index in [1.165, 1.54) is 11.1 Å². The molecule has 2 unspecified atom stereocenters. The quantitative estimate of drug-likeness (QED) is 0.398. The van der Waals surface area contributed by atoms with Gasteiger partial charge in [-0.2, -0.15) is 0 Å². The van der Waals surface area contributed by atoms with Crippen molar-refractivity contribution in [3.05, 3.63) is 95.1 Å². The average Bonchev–Trinajstić information content (AvgIpc) is 2.84. The van der Waals surface area contributed by atoms with Crippen LogP contribution in [0.25, 0.3) is 0 Å². The minimum absolute atomic E-state index is 0.200. The van der Waals surface area contributed by atoms with Crippen molar-refractivity contribution < 1.29 is 9.59 Å². The Morgan fingerprint density at radius 3 is 1.19 bits per heavy atom. The van der Waals surface area contributed by atoms with Gasteiger partial charge in [0.15, 0.2) is 0 Å². The van der Waals surface area contributed by atoms with E-state index in [2.05, 4.69) is 38.3 Å². The highest BCUT2D eigenvalue weighted by Gasteiger charge is 2.11. The molecule has 4 heteroatoms. The number of carbonyl (C=O) groups excluding carboxylic acids is 2. The van der Waals surface area contributed by atoms with Gasteiger partial charge in [-0.05, 0) is 84.3 Å². The molecular formula is C28H32N2O2. The summed E-state index contributed by atoms with van der Waals surface area (Å²) in [5.41, 5.74) is 5.04. The second kappa shape index (κ2) is 10.8. The van der Waals surface area contributed by atoms with Crippen LogP contribution in [0.3, 0.4) is 0 Å². The lowest BCUT2D eigenvalue weighted by Crippen LogP contribution is -2.14. The van der Waals surface area contributed by atoms with E-state index in [0.717, 1.165) is 24.2 Å². The highest BCUT2D eigenvalue weighted by atomic mass is 16.2. The van der Waals surface area contributed by atoms with Gasteiger partial charge in [0.25, 0.3) is 11.8 Å². The first-order chi connectivity index (χ1) is 15.4. The Bertz CT molecular complexity index is 952. The normalized spacial score (nSPS) is 12.6. The van der Waals surface area contributed by atoms with E-state index in [4.69, 9.17) is 0 Å². The average molecular weight is 429 g/mol. The van der Waals surface area contributed by atoms with E-state index < -0.39 is 0 Å². The Kier molecular flexibility index (Phi) is 7.82. The van der Waals surface area contributed by atoms with Crippen LogP contribution in [0, 0.1) is 0 Å². The number of carbonyl (C=O) groups is 2. The van der Waals surface area contributed by atoms with E-state index in [9.17, 15) is 9.59 Å². The maximum atomic E-state index is 12.6. The summed E-state index contributed by atoms with van der Waals surface area (Å²) < 4.78 is 0. The standard InChI is InChI=1S/C28H32N2O2/c1-5-19(3)21-11-15-25(16-12-21)29-27(31)23-7-9-24(10-8-23)28(32)30-26-17-13-22(14-18-26)20(4)6-2/h7-20H,5-6H2,1-4H3,(H,29,31)(H,30,32). The van der Waals surface area contributed by atoms with Crippen molar-refractivity contribution in [2.24, 2.45) is 0 Å². The van der Waals surface area contributed by atoms with Crippen molar-refractivity contribution in [2.75, 3.05) is 10.6 Å². The van der Waals surface area contributed by atoms with Crippen molar-refractivity contribution in [1.29, 1.82) is 0 Å². The monoisotopic (exact) mass is 428 g/mol. The van der Waals surface area contributed by atoms with Crippen molar-refractivity contribution in [2.45, 2.75) is 52.4 Å². The Morgan fingerprint density at radius 2 is 0.906 bits per heavy atom. The summed E-state index contributed by atoms with van der Waals surface area (Å²) in [7, 11) is 0. The maximum absolute atomic E-state index is 12.6. The smallest absolute Gasteiger partial charge is 0.255 e. The van der Waals surface area contributed by atoms with Gasteiger partial charge >= 0.3 is 0 Å². The van der Waals surface area contributed by atoms with E-state index in [1.54, 1.807) is 24.3 Å². The van der Waals surface area contributed by atoms with E-state index >= 15 is 0 Å². The molecule has 0 spiro atoms. The second-order valence-electron chi connectivity index (χ2n) is 8.35. The van der Waals surface area contributed by atoms with Crippen LogP contribution in [-0.4, -0.2) is 11.8 Å². The number of nitrogens with one attached hydrogen (secondary N) is 2. The van der Waals surface area contributed by atoms with E-state index in [-0.39, 0.29) is 11.8 Å². The zero-order valence-corrected chi connectivity index (χ0v) is 19.3. The number of rotatable bonds is 8. The van der Waals surface area contributed by atoms with Crippen molar-refractivity contribution in [1.82, 2.24) is 0 Å². The molecule has 3 aromatic rings. The zero-order chi connectivity index (χ0) is 23.1. The van der Waals surface area contributed by atoms with Crippen molar-refractivity contribution in [3.63, 3.8) is 0 Å². The van der Waals surface area contributed by atoms with Gasteiger partial charge in [-0.3, -0.25) is 9.59 Å². The molecule has 4 nitrogen and oxygen atoms in total. The third-order valence-corrected chi connectivity index (χ3v) is 6.11. The van der Waals surface area contributed by atoms with E-state index in [1.807, 2.05) is 48.5 Å². The summed E-state index contributed by atoms with van der Waals surface area (Å²) in [5.74, 6) is 0.593. The van der Waals surface area contributed by atoms with Gasteiger partial charge < -0.3 is 10.6 Å². The summed E-state index contributed by atoms with van der Waals surface area (Å²) >= 11 is 0. The van der Waals surface area contributed by atoms with Crippen LogP contribution in [0.2, 0.25) is 0 Å². The second-order valence-corrected chi connectivity index (χ2v) is 8.35. The fourth-order valence-corrected chi connectivity index (χ4v) is 3.44. The van der Waals surface area contributed by atoms with Crippen LogP contribution < -0.4 is 10.6 Å². The fraction of sp³-hybridized carbons (Fsp3) is 0.286. The van der Waals surface area contributed by atoms with Crippen LogP contribution in [0.5, 0.6) is 0 Å². The highest BCUT2D eigenvalue weighted by molar-refractivity contribution is 6.07. The first kappa shape index (κ1) is 23.3. The highest BCUT2D eigenvalue weighted by Crippen LogP contribution is 2.22. The summed E-state index contributed by atoms with van der Waals surface area (Å²) in [6, 6.07) is 22.6. The minimum Gasteiger partial charge on any atom is -0.322 e. The van der Waals surface area contributed by atoms with Gasteiger partial charge in [0, 0.05) is 22.5 Å². The Morgan fingerprint density at radius 1 is 0.594 bits per heavy atom. The summed E-state index contributed by atoms with van der Waals surface area (Å²) in [5, 5.41) is 5.82. The largest absolute Gasteiger partial charge is 0.322 e. The summed E-state index contributed by atoms with van der Waals surface area (Å²) in [4.78, 5) is 25.1. The fourth-order valence-electron chi connectivity index (χ4n) is 3.44. The molecule has 32 heavy (non-hydrogen) atoms. The lowest BCUT2D eigenvalue weighted by atomic mass is 9.98. The molecule has 0 aliphatic heterocycles. The first-order valence-electron chi connectivity index (χ1n) is 11.3. The molecule has 3 aromatic carbocycles. The lowest BCUT2D eigenvalue weighted by molar-refractivity contribution is 0.101. The number of anilines is 2. The van der Waals surface area contributed by atoms with Crippen LogP contribution in [0.15, 0.2) is 72.8 Å². The lowest BCUT2D eigenvalue weighted by Gasteiger charge is -2.11. The molecule has 0 fully saturated rings. The number of benzene rings is 3. The Balaban J connectivity index is 1.60. The zero-order valence-electron chi connectivity index (χ0n) is 19.3. The van der Waals surface area contributed by atoms with Crippen molar-refractivity contribution >= 4 is 23.2 Å². The summed E-state index contributed by atoms with van der Waals surface area (Å²) in [6.07, 6.45) is 2.16. The molecule has 0 aromatic heterocycles. The maximum Gasteiger partial charge on any atom is 0.255 e. The third-order valence-electron chi connectivity index (χ3n) is 6.11. The molecule has 0 heterocycles. The SMILES string of the molecule is CCC(C)c1ccc(NC(=O)c2ccc(C(=O)Nc3ccc(C(C)CC)cc3)cc2)cc1. The van der Waals surface area contributed by atoms with Crippen LogP contribution in [0.1, 0.15) is 84.2 Å². The van der Waals surface area contributed by atoms with Crippen LogP contribution in [-0.2, 0) is 0 Å². The van der Waals surface area contributed by atoms with Crippen LogP contribution in [0.4, 0.5) is 11.4 Å². The molecule has 0 bridgehead atoms. The Labute approximate surface area is 191 Å². The van der Waals surface area contributed by atoms with E-state index in [0.29, 0.717) is 23.0 Å². The van der Waals surface area contributed by atoms with Crippen LogP contribution >= 0.6 is 0 Å². The molecule has 0 radical (unpaired) electrons. The molecule has 3 rings (SSSR count). The van der Waals surface area contributed by atoms with Gasteiger partial charge in [0.1, 0.15) is 0 Å². The molecule has 0 saturated carbocycles. The molecule has 0 saturated heterocycles. The van der Waals surface area contributed by atoms with Gasteiger partial charge in [-0.25, -0.2) is 0 Å². The van der Waals surface area contributed by atoms with Gasteiger partial charge in [-0.15, -0.1) is 0 Å². The molecule has 2 amide bonds. The Hall–Kier alpha value is -3.40. The number of amides is 2. The summed E-state index contributed by atoms with van der Waals surface area (Å²) in [6.45, 7) is 8.70. The molecular weight excluding hydrogens is 396 g/mol. The third kappa shape index (κ3) is 5.85. The topological polar surface area (TPSA) is 58.2 Å². The molecule has 166 valence electrons. The first-order valence-corrected chi connectivity index (χ1v) is 11.3. The molecule has 2 N–H and O–H groups in total. The van der Waals surface area contributed by atoms with Gasteiger partial charge in [0.05, 0.1) is 0 Å². The molecule has 0 aliphatic rings. The predicted octanol–water partition coefficient (Wildman–Crippen LogP) is 7.22. The molecule has 0 aliphatic carbocycles. The van der Waals surface area contributed by atoms with Gasteiger partial charge in [-0.1, -0.05) is 52.0 Å². The predicted molar refractivity (Wildman–Crippen MR) is 133 cm³/mol. The minimum atomic E-state index is -0.200. The number of hydrogen-bond donors (Lipinski definition) is 2. The molecule has 2 atom stereocenters. The number of hydrogen-bond acceptors (Lipinski definition) is 2. The van der Waals surface area contributed by atoms with Crippen molar-refractivity contribution in [3.8, 4) is 0 Å². The van der Waals surface area contributed by atoms with Gasteiger partial charge in [0.2, 0.25) is 0 Å².